The van der Waals surface area contributed by atoms with Gasteiger partial charge < -0.3 is 10.6 Å². The first-order chi connectivity index (χ1) is 15.3. The molecule has 0 radical (unpaired) electrons. The molecule has 1 aromatic carbocycles. The first-order valence-corrected chi connectivity index (χ1v) is 10.6. The highest BCUT2D eigenvalue weighted by Crippen LogP contribution is 2.40. The lowest BCUT2D eigenvalue weighted by atomic mass is 10.0. The van der Waals surface area contributed by atoms with E-state index in [4.69, 9.17) is 17.3 Å². The van der Waals surface area contributed by atoms with Gasteiger partial charge in [-0.25, -0.2) is 4.39 Å². The molecule has 1 aliphatic carbocycles. The Bertz CT molecular complexity index is 1230. The zero-order chi connectivity index (χ0) is 23.0. The second-order valence-corrected chi connectivity index (χ2v) is 8.34. The predicted molar refractivity (Wildman–Crippen MR) is 119 cm³/mol. The van der Waals surface area contributed by atoms with Crippen LogP contribution in [0.25, 0.3) is 0 Å². The summed E-state index contributed by atoms with van der Waals surface area (Å²) in [5.41, 5.74) is 9.18. The summed E-state index contributed by atoms with van der Waals surface area (Å²) in [5, 5.41) is 0.271. The summed E-state index contributed by atoms with van der Waals surface area (Å²) in [6.45, 7) is 3.71. The lowest BCUT2D eigenvalue weighted by Crippen LogP contribution is -2.35. The molecule has 4 rings (SSSR count). The number of benzene rings is 1. The van der Waals surface area contributed by atoms with Gasteiger partial charge in [-0.1, -0.05) is 17.7 Å². The first kappa shape index (κ1) is 21.9. The standard InChI is InChI=1S/C24H22ClFN4O2/c1-13-5-6-17(14(2)29-13)24(32)30(12-15-4-3-9-28-22(15)23(27)31)21-8-7-18-19(21)10-16(25)11-20(18)26/h3-6,9-11,21H,7-8,12H2,1-2H3,(H2,27,31)/t21-/m1/s1. The van der Waals surface area contributed by atoms with E-state index in [9.17, 15) is 14.0 Å². The van der Waals surface area contributed by atoms with Gasteiger partial charge in [-0.2, -0.15) is 0 Å². The van der Waals surface area contributed by atoms with Crippen LogP contribution in [0.4, 0.5) is 4.39 Å². The Hall–Kier alpha value is -3.32. The summed E-state index contributed by atoms with van der Waals surface area (Å²) in [5.74, 6) is -1.33. The Morgan fingerprint density at radius 3 is 2.75 bits per heavy atom. The molecule has 0 bridgehead atoms. The van der Waals surface area contributed by atoms with Crippen LogP contribution in [-0.2, 0) is 13.0 Å². The molecule has 1 atom stereocenters. The third kappa shape index (κ3) is 4.08. The fraction of sp³-hybridized carbons (Fsp3) is 0.250. The molecule has 0 aliphatic heterocycles. The Labute approximate surface area is 190 Å². The van der Waals surface area contributed by atoms with Crippen molar-refractivity contribution in [2.75, 3.05) is 0 Å². The van der Waals surface area contributed by atoms with Gasteiger partial charge in [-0.15, -0.1) is 0 Å². The van der Waals surface area contributed by atoms with Gasteiger partial charge >= 0.3 is 0 Å². The van der Waals surface area contributed by atoms with Crippen molar-refractivity contribution >= 4 is 23.4 Å². The highest BCUT2D eigenvalue weighted by atomic mass is 35.5. The molecule has 0 saturated carbocycles. The van der Waals surface area contributed by atoms with Crippen molar-refractivity contribution in [3.8, 4) is 0 Å². The summed E-state index contributed by atoms with van der Waals surface area (Å²) in [6, 6.07) is 9.47. The number of rotatable bonds is 5. The van der Waals surface area contributed by atoms with Crippen molar-refractivity contribution < 1.29 is 14.0 Å². The Morgan fingerprint density at radius 1 is 1.25 bits per heavy atom. The van der Waals surface area contributed by atoms with Gasteiger partial charge in [0.1, 0.15) is 11.5 Å². The summed E-state index contributed by atoms with van der Waals surface area (Å²) >= 11 is 6.14. The number of aryl methyl sites for hydroxylation is 2. The normalized spacial score (nSPS) is 14.8. The molecule has 164 valence electrons. The van der Waals surface area contributed by atoms with Crippen molar-refractivity contribution in [1.29, 1.82) is 0 Å². The van der Waals surface area contributed by atoms with Gasteiger partial charge in [0, 0.05) is 29.0 Å². The summed E-state index contributed by atoms with van der Waals surface area (Å²) in [7, 11) is 0. The molecular formula is C24H22ClFN4O2. The number of hydrogen-bond donors (Lipinski definition) is 1. The third-order valence-corrected chi connectivity index (χ3v) is 6.00. The maximum absolute atomic E-state index is 14.5. The monoisotopic (exact) mass is 452 g/mol. The SMILES string of the molecule is Cc1ccc(C(=O)N(Cc2cccnc2C(N)=O)[C@@H]2CCc3c(F)cc(Cl)cc32)c(C)n1. The molecule has 8 heteroatoms. The number of halogens is 2. The lowest BCUT2D eigenvalue weighted by molar-refractivity contribution is 0.0654. The van der Waals surface area contributed by atoms with Crippen molar-refractivity contribution in [2.45, 2.75) is 39.3 Å². The van der Waals surface area contributed by atoms with E-state index in [0.29, 0.717) is 40.8 Å². The van der Waals surface area contributed by atoms with Crippen LogP contribution in [0.3, 0.4) is 0 Å². The average Bonchev–Trinajstić information content (AvgIpc) is 3.15. The van der Waals surface area contributed by atoms with Crippen molar-refractivity contribution in [3.05, 3.63) is 92.8 Å². The highest BCUT2D eigenvalue weighted by Gasteiger charge is 2.34. The quantitative estimate of drug-likeness (QED) is 0.624. The topological polar surface area (TPSA) is 89.2 Å². The van der Waals surface area contributed by atoms with Crippen LogP contribution in [0, 0.1) is 19.7 Å². The molecule has 2 amide bonds. The number of nitrogens with two attached hydrogens (primary N) is 1. The number of primary amides is 1. The summed E-state index contributed by atoms with van der Waals surface area (Å²) in [4.78, 5) is 35.8. The smallest absolute Gasteiger partial charge is 0.267 e. The van der Waals surface area contributed by atoms with Crippen molar-refractivity contribution in [3.63, 3.8) is 0 Å². The van der Waals surface area contributed by atoms with Crippen LogP contribution in [0.1, 0.15) is 61.4 Å². The fourth-order valence-corrected chi connectivity index (χ4v) is 4.52. The molecule has 0 spiro atoms. The highest BCUT2D eigenvalue weighted by molar-refractivity contribution is 6.30. The Morgan fingerprint density at radius 2 is 2.03 bits per heavy atom. The van der Waals surface area contributed by atoms with Crippen LogP contribution >= 0.6 is 11.6 Å². The molecule has 0 fully saturated rings. The van der Waals surface area contributed by atoms with Gasteiger partial charge in [0.2, 0.25) is 0 Å². The van der Waals surface area contributed by atoms with E-state index in [2.05, 4.69) is 9.97 Å². The third-order valence-electron chi connectivity index (χ3n) is 5.78. The van der Waals surface area contributed by atoms with E-state index in [1.807, 2.05) is 6.92 Å². The summed E-state index contributed by atoms with van der Waals surface area (Å²) < 4.78 is 14.5. The number of pyridine rings is 2. The molecule has 2 N–H and O–H groups in total. The van der Waals surface area contributed by atoms with Crippen LogP contribution < -0.4 is 5.73 Å². The molecule has 2 heterocycles. The van der Waals surface area contributed by atoms with Gasteiger partial charge in [-0.05, 0) is 68.1 Å². The number of aromatic nitrogens is 2. The second kappa shape index (κ2) is 8.67. The fourth-order valence-electron chi connectivity index (χ4n) is 4.31. The number of amides is 2. The first-order valence-electron chi connectivity index (χ1n) is 10.2. The number of hydrogen-bond acceptors (Lipinski definition) is 4. The average molecular weight is 453 g/mol. The van der Waals surface area contributed by atoms with Gasteiger partial charge in [0.15, 0.2) is 0 Å². The van der Waals surface area contributed by atoms with E-state index in [-0.39, 0.29) is 29.0 Å². The lowest BCUT2D eigenvalue weighted by Gasteiger charge is -2.31. The van der Waals surface area contributed by atoms with E-state index < -0.39 is 11.9 Å². The zero-order valence-electron chi connectivity index (χ0n) is 17.7. The molecular weight excluding hydrogens is 431 g/mol. The molecule has 2 aromatic heterocycles. The summed E-state index contributed by atoms with van der Waals surface area (Å²) in [6.07, 6.45) is 2.49. The Balaban J connectivity index is 1.82. The zero-order valence-corrected chi connectivity index (χ0v) is 18.5. The number of nitrogens with zero attached hydrogens (tertiary/aromatic N) is 3. The van der Waals surface area contributed by atoms with Crippen LogP contribution in [0.15, 0.2) is 42.6 Å². The largest absolute Gasteiger partial charge is 0.364 e. The van der Waals surface area contributed by atoms with E-state index in [1.54, 1.807) is 42.2 Å². The van der Waals surface area contributed by atoms with Gasteiger partial charge in [-0.3, -0.25) is 19.6 Å². The second-order valence-electron chi connectivity index (χ2n) is 7.90. The molecule has 6 nitrogen and oxygen atoms in total. The minimum Gasteiger partial charge on any atom is -0.364 e. The number of fused-ring (bicyclic) bond motifs is 1. The van der Waals surface area contributed by atoms with Crippen molar-refractivity contribution in [2.24, 2.45) is 5.73 Å². The van der Waals surface area contributed by atoms with Crippen LogP contribution in [0.5, 0.6) is 0 Å². The molecule has 32 heavy (non-hydrogen) atoms. The number of carbonyl (C=O) groups excluding carboxylic acids is 2. The van der Waals surface area contributed by atoms with Crippen LogP contribution in [-0.4, -0.2) is 26.7 Å². The predicted octanol–water partition coefficient (Wildman–Crippen LogP) is 4.31. The molecule has 1 aliphatic rings. The van der Waals surface area contributed by atoms with Gasteiger partial charge in [0.25, 0.3) is 11.8 Å². The molecule has 0 unspecified atom stereocenters. The van der Waals surface area contributed by atoms with E-state index in [1.165, 1.54) is 12.3 Å². The van der Waals surface area contributed by atoms with E-state index in [0.717, 1.165) is 5.69 Å². The maximum atomic E-state index is 14.5. The Kier molecular flexibility index (Phi) is 5.93. The maximum Gasteiger partial charge on any atom is 0.267 e. The van der Waals surface area contributed by atoms with E-state index >= 15 is 0 Å². The molecule has 3 aromatic rings. The minimum absolute atomic E-state index is 0.0799. The van der Waals surface area contributed by atoms with Crippen molar-refractivity contribution in [1.82, 2.24) is 14.9 Å². The minimum atomic E-state index is -0.679. The number of carbonyl (C=O) groups is 2. The van der Waals surface area contributed by atoms with Gasteiger partial charge in [0.05, 0.1) is 17.3 Å². The van der Waals surface area contributed by atoms with Crippen LogP contribution in [0.2, 0.25) is 5.02 Å². The molecule has 0 saturated heterocycles.